The van der Waals surface area contributed by atoms with Crippen LogP contribution in [0.3, 0.4) is 0 Å². The zero-order valence-electron chi connectivity index (χ0n) is 40.2. The van der Waals surface area contributed by atoms with Crippen LogP contribution in [0.15, 0.2) is 102 Å². The number of anilines is 2. The van der Waals surface area contributed by atoms with E-state index in [1.807, 2.05) is 71.9 Å². The maximum absolute atomic E-state index is 12.8. The molecule has 1 aliphatic heterocycles. The minimum atomic E-state index is -0.803. The van der Waals surface area contributed by atoms with Gasteiger partial charge >= 0.3 is 7.12 Å². The summed E-state index contributed by atoms with van der Waals surface area (Å²) >= 11 is 15.0. The van der Waals surface area contributed by atoms with E-state index >= 15 is 0 Å². The number of amides is 2. The van der Waals surface area contributed by atoms with Gasteiger partial charge < -0.3 is 19.9 Å². The number of nitrogens with one attached hydrogen (secondary N) is 2. The van der Waals surface area contributed by atoms with Crippen LogP contribution in [0.4, 0.5) is 11.4 Å². The van der Waals surface area contributed by atoms with Crippen LogP contribution in [0.25, 0.3) is 11.1 Å². The van der Waals surface area contributed by atoms with Crippen LogP contribution >= 0.6 is 39.1 Å². The number of benzene rings is 2. The molecule has 0 unspecified atom stereocenters. The first-order chi connectivity index (χ1) is 32.8. The zero-order valence-corrected chi connectivity index (χ0v) is 43.3. The van der Waals surface area contributed by atoms with Gasteiger partial charge in [0.1, 0.15) is 22.4 Å². The number of nitriles is 4. The zero-order chi connectivity index (χ0) is 51.8. The van der Waals surface area contributed by atoms with Gasteiger partial charge in [0, 0.05) is 52.9 Å². The topological polar surface area (TPSA) is 223 Å². The molecule has 0 spiro atoms. The second kappa shape index (κ2) is 22.2. The molecule has 2 aromatic carbocycles. The number of carbonyl (C=O) groups is 2. The van der Waals surface area contributed by atoms with Crippen LogP contribution in [-0.2, 0) is 20.1 Å². The third kappa shape index (κ3) is 13.0. The van der Waals surface area contributed by atoms with Crippen LogP contribution in [0.1, 0.15) is 110 Å². The van der Waals surface area contributed by atoms with Gasteiger partial charge in [-0.05, 0) is 162 Å². The number of pyridine rings is 4. The number of hydrogen-bond acceptors (Lipinski definition) is 12. The first kappa shape index (κ1) is 53.9. The molecule has 2 N–H and O–H groups in total. The van der Waals surface area contributed by atoms with Crippen molar-refractivity contribution in [3.63, 3.8) is 0 Å². The summed E-state index contributed by atoms with van der Waals surface area (Å²) in [6.45, 7) is 19.0. The van der Waals surface area contributed by atoms with Crippen LogP contribution < -0.4 is 16.1 Å². The van der Waals surface area contributed by atoms with Crippen molar-refractivity contribution in [2.45, 2.75) is 91.3 Å². The van der Waals surface area contributed by atoms with Gasteiger partial charge in [0.05, 0.1) is 61.2 Å². The highest BCUT2D eigenvalue weighted by Gasteiger charge is 2.52. The van der Waals surface area contributed by atoms with Crippen LogP contribution in [0.2, 0.25) is 10.3 Å². The molecule has 0 aliphatic carbocycles. The molecular weight excluding hydrogens is 990 g/mol. The van der Waals surface area contributed by atoms with E-state index in [9.17, 15) is 20.1 Å². The molecule has 1 saturated heterocycles. The van der Waals surface area contributed by atoms with Crippen molar-refractivity contribution in [3.05, 3.63) is 157 Å². The summed E-state index contributed by atoms with van der Waals surface area (Å²) in [7, 11) is -0.504. The van der Waals surface area contributed by atoms with Gasteiger partial charge in [0.2, 0.25) is 0 Å². The van der Waals surface area contributed by atoms with Crippen LogP contribution in [0.5, 0.6) is 0 Å². The SMILES string of the molecule is Cc1ccc(NC(=O)c2ccnc(C(C)(C)C#N)c2)cc1-c1cc(C#N)cnc1Cl.Cc1ccc(NC(=O)c2ccnc(C(C)(C)C#N)c2)cc1B1OC(C)(C)C(C)(C)O1.N#Cc1cnc(Cl)c(Br)c1. The Morgan fingerprint density at radius 2 is 1.09 bits per heavy atom. The van der Waals surface area contributed by atoms with Crippen molar-refractivity contribution >= 4 is 74.9 Å². The smallest absolute Gasteiger partial charge is 0.399 e. The third-order valence-corrected chi connectivity index (χ3v) is 13.0. The largest absolute Gasteiger partial charge is 0.495 e. The first-order valence-corrected chi connectivity index (χ1v) is 23.1. The normalized spacial score (nSPS) is 13.4. The minimum absolute atomic E-state index is 0.267. The second-order valence-electron chi connectivity index (χ2n) is 18.2. The lowest BCUT2D eigenvalue weighted by Crippen LogP contribution is -2.41. The highest BCUT2D eigenvalue weighted by Crippen LogP contribution is 2.37. The lowest BCUT2D eigenvalue weighted by atomic mass is 9.76. The third-order valence-electron chi connectivity index (χ3n) is 11.6. The van der Waals surface area contributed by atoms with Crippen molar-refractivity contribution in [2.75, 3.05) is 10.6 Å². The average molecular weight is 1040 g/mol. The molecule has 0 saturated carbocycles. The molecule has 0 atom stereocenters. The number of rotatable bonds is 8. The molecule has 70 heavy (non-hydrogen) atoms. The van der Waals surface area contributed by atoms with E-state index < -0.39 is 29.2 Å². The molecule has 5 heterocycles. The van der Waals surface area contributed by atoms with Crippen molar-refractivity contribution in [3.8, 4) is 35.4 Å². The molecule has 2 amide bonds. The van der Waals surface area contributed by atoms with E-state index in [1.165, 1.54) is 18.6 Å². The van der Waals surface area contributed by atoms with E-state index in [0.717, 1.165) is 22.2 Å². The molecule has 4 aromatic heterocycles. The van der Waals surface area contributed by atoms with E-state index in [1.54, 1.807) is 82.4 Å². The summed E-state index contributed by atoms with van der Waals surface area (Å²) in [5.74, 6) is -0.590. The summed E-state index contributed by atoms with van der Waals surface area (Å²) in [5, 5.41) is 42.6. The number of aryl methyl sites for hydroxylation is 2. The predicted octanol–water partition coefficient (Wildman–Crippen LogP) is 11.1. The Bertz CT molecular complexity index is 3140. The van der Waals surface area contributed by atoms with E-state index in [4.69, 9.17) is 43.0 Å². The van der Waals surface area contributed by atoms with Gasteiger partial charge in [0.15, 0.2) is 0 Å². The Balaban J connectivity index is 0.000000218. The van der Waals surface area contributed by atoms with Gasteiger partial charge in [-0.2, -0.15) is 21.0 Å². The lowest BCUT2D eigenvalue weighted by Gasteiger charge is -2.32. The summed E-state index contributed by atoms with van der Waals surface area (Å²) in [6.07, 6.45) is 5.90. The van der Waals surface area contributed by atoms with Gasteiger partial charge in [-0.3, -0.25) is 19.6 Å². The molecule has 1 fully saturated rings. The van der Waals surface area contributed by atoms with Gasteiger partial charge in [-0.25, -0.2) is 9.97 Å². The summed E-state index contributed by atoms with van der Waals surface area (Å²) in [5.41, 5.74) is 5.78. The molecule has 0 radical (unpaired) electrons. The Morgan fingerprint density at radius 3 is 1.56 bits per heavy atom. The van der Waals surface area contributed by atoms with Crippen LogP contribution in [-0.4, -0.2) is 50.1 Å². The Hall–Kier alpha value is -7.02. The minimum Gasteiger partial charge on any atom is -0.399 e. The second-order valence-corrected chi connectivity index (χ2v) is 19.8. The van der Waals surface area contributed by atoms with Gasteiger partial charge in [-0.1, -0.05) is 40.9 Å². The quantitative estimate of drug-likeness (QED) is 0.107. The molecule has 18 heteroatoms. The molecule has 14 nitrogen and oxygen atoms in total. The van der Waals surface area contributed by atoms with Crippen molar-refractivity contribution < 1.29 is 18.9 Å². The predicted molar refractivity (Wildman–Crippen MR) is 274 cm³/mol. The maximum atomic E-state index is 12.8. The lowest BCUT2D eigenvalue weighted by molar-refractivity contribution is 0.00578. The molecule has 0 bridgehead atoms. The highest BCUT2D eigenvalue weighted by molar-refractivity contribution is 9.10. The van der Waals surface area contributed by atoms with Gasteiger partial charge in [-0.15, -0.1) is 0 Å². The number of hydrogen-bond donors (Lipinski definition) is 2. The summed E-state index contributed by atoms with van der Waals surface area (Å²) in [6, 6.07) is 29.3. The highest BCUT2D eigenvalue weighted by atomic mass is 79.9. The fourth-order valence-electron chi connectivity index (χ4n) is 6.46. The van der Waals surface area contributed by atoms with E-state index in [2.05, 4.69) is 64.7 Å². The Kier molecular flexibility index (Phi) is 17.1. The number of halogens is 3. The van der Waals surface area contributed by atoms with Crippen molar-refractivity contribution in [1.29, 1.82) is 21.0 Å². The fraction of sp³-hybridized carbons (Fsp3) is 0.269. The molecular formula is C52H48BBrCl2N10O4. The molecule has 354 valence electrons. The van der Waals surface area contributed by atoms with Crippen LogP contribution in [0, 0.1) is 59.2 Å². The molecule has 1 aliphatic rings. The number of carbonyl (C=O) groups excluding carboxylic acids is 2. The maximum Gasteiger partial charge on any atom is 0.495 e. The fourth-order valence-corrected chi connectivity index (χ4v) is 7.12. The monoisotopic (exact) mass is 1040 g/mol. The summed E-state index contributed by atoms with van der Waals surface area (Å²) in [4.78, 5) is 41.9. The first-order valence-electron chi connectivity index (χ1n) is 21.6. The van der Waals surface area contributed by atoms with Crippen molar-refractivity contribution in [2.24, 2.45) is 0 Å². The van der Waals surface area contributed by atoms with E-state index in [0.29, 0.717) is 60.2 Å². The summed E-state index contributed by atoms with van der Waals surface area (Å²) < 4.78 is 13.0. The average Bonchev–Trinajstić information content (AvgIpc) is 3.56. The molecule has 7 rings (SSSR count). The van der Waals surface area contributed by atoms with E-state index in [-0.39, 0.29) is 17.0 Å². The van der Waals surface area contributed by atoms with Gasteiger partial charge in [0.25, 0.3) is 11.8 Å². The van der Waals surface area contributed by atoms with Crippen molar-refractivity contribution in [1.82, 2.24) is 19.9 Å². The number of aromatic nitrogens is 4. The Labute approximate surface area is 426 Å². The Morgan fingerprint density at radius 1 is 0.629 bits per heavy atom. The number of nitrogens with zero attached hydrogens (tertiary/aromatic N) is 8. The molecule has 6 aromatic rings. The standard InChI is InChI=1S/C23H28BN3O3.C23H18ClN5O.C6H2BrClN2/c1-15-8-9-17(13-18(15)24-29-22(4,5)23(6,7)30-24)27-20(28)16-10-11-26-19(12-16)21(2,3)14-25;1-14-4-5-17(10-18(14)19-8-15(11-25)12-28-21(19)24)29-22(30)16-6-7-27-20(9-16)23(2,3)13-26;7-5-1-4(2-9)3-10-6(5)8/h8-13H,1-7H3,(H,27,28);4-10,12H,1-3H3,(H,29,30);1,3H.